The molecule has 0 amide bonds. The van der Waals surface area contributed by atoms with Crippen LogP contribution < -0.4 is 10.6 Å². The van der Waals surface area contributed by atoms with Gasteiger partial charge in [-0.3, -0.25) is 4.98 Å². The van der Waals surface area contributed by atoms with Crippen molar-refractivity contribution >= 4 is 10.9 Å². The van der Waals surface area contributed by atoms with Gasteiger partial charge in [0, 0.05) is 30.7 Å². The van der Waals surface area contributed by atoms with Crippen LogP contribution in [-0.2, 0) is 0 Å². The molecule has 18 heavy (non-hydrogen) atoms. The molecule has 1 aromatic heterocycles. The molecule has 0 fully saturated rings. The number of pyridine rings is 1. The van der Waals surface area contributed by atoms with Crippen LogP contribution in [0.4, 0.5) is 0 Å². The number of benzene rings is 1. The summed E-state index contributed by atoms with van der Waals surface area (Å²) in [6.45, 7) is 7.33. The number of fused-ring (bicyclic) bond motifs is 1. The fourth-order valence-electron chi connectivity index (χ4n) is 2.17. The van der Waals surface area contributed by atoms with Crippen LogP contribution >= 0.6 is 0 Å². The van der Waals surface area contributed by atoms with Crippen molar-refractivity contribution < 1.29 is 0 Å². The molecule has 96 valence electrons. The maximum absolute atomic E-state index is 4.39. The van der Waals surface area contributed by atoms with Crippen molar-refractivity contribution in [2.45, 2.75) is 19.9 Å². The minimum absolute atomic E-state index is 0.344. The molecule has 1 aromatic carbocycles. The zero-order valence-electron chi connectivity index (χ0n) is 11.1. The highest BCUT2D eigenvalue weighted by molar-refractivity contribution is 5.82. The molecule has 3 nitrogen and oxygen atoms in total. The number of nitrogens with one attached hydrogen (secondary N) is 2. The van der Waals surface area contributed by atoms with Crippen molar-refractivity contribution in [2.75, 3.05) is 19.6 Å². The molecule has 1 unspecified atom stereocenters. The van der Waals surface area contributed by atoms with Gasteiger partial charge in [0.15, 0.2) is 0 Å². The van der Waals surface area contributed by atoms with Crippen LogP contribution in [0.3, 0.4) is 0 Å². The lowest BCUT2D eigenvalue weighted by Gasteiger charge is -2.16. The quantitative estimate of drug-likeness (QED) is 0.765. The van der Waals surface area contributed by atoms with Crippen molar-refractivity contribution in [2.24, 2.45) is 0 Å². The monoisotopic (exact) mass is 243 g/mol. The molecule has 0 aliphatic carbocycles. The maximum Gasteiger partial charge on any atom is 0.0705 e. The molecule has 0 spiro atoms. The predicted octanol–water partition coefficient (Wildman–Crippen LogP) is 2.49. The second kappa shape index (κ2) is 6.47. The van der Waals surface area contributed by atoms with Crippen molar-refractivity contribution in [1.29, 1.82) is 0 Å². The molecule has 0 saturated heterocycles. The summed E-state index contributed by atoms with van der Waals surface area (Å²) >= 11 is 0. The lowest BCUT2D eigenvalue weighted by atomic mass is 10.0. The van der Waals surface area contributed by atoms with E-state index in [9.17, 15) is 0 Å². The molecule has 0 saturated carbocycles. The average molecular weight is 243 g/mol. The second-order valence-electron chi connectivity index (χ2n) is 4.45. The topological polar surface area (TPSA) is 37.0 Å². The van der Waals surface area contributed by atoms with Crippen molar-refractivity contribution in [1.82, 2.24) is 15.6 Å². The summed E-state index contributed by atoms with van der Waals surface area (Å²) in [4.78, 5) is 4.39. The zero-order chi connectivity index (χ0) is 12.8. The Morgan fingerprint density at radius 3 is 2.89 bits per heavy atom. The van der Waals surface area contributed by atoms with Gasteiger partial charge in [-0.15, -0.1) is 0 Å². The van der Waals surface area contributed by atoms with Crippen molar-refractivity contribution in [3.05, 3.63) is 42.1 Å². The number of hydrogen-bond acceptors (Lipinski definition) is 3. The minimum atomic E-state index is 0.344. The molecule has 0 aliphatic heterocycles. The van der Waals surface area contributed by atoms with Crippen LogP contribution in [0.15, 0.2) is 36.5 Å². The number of aromatic nitrogens is 1. The summed E-state index contributed by atoms with van der Waals surface area (Å²) in [7, 11) is 0. The smallest absolute Gasteiger partial charge is 0.0705 e. The lowest BCUT2D eigenvalue weighted by molar-refractivity contribution is 0.554. The second-order valence-corrected chi connectivity index (χ2v) is 4.45. The van der Waals surface area contributed by atoms with E-state index in [2.05, 4.69) is 53.7 Å². The van der Waals surface area contributed by atoms with E-state index in [1.54, 1.807) is 0 Å². The number of likely N-dealkylation sites (N-methyl/N-ethyl adjacent to an activating group) is 1. The third-order valence-electron chi connectivity index (χ3n) is 3.15. The summed E-state index contributed by atoms with van der Waals surface area (Å²) in [5.74, 6) is 0. The van der Waals surface area contributed by atoms with Gasteiger partial charge in [0.05, 0.1) is 5.52 Å². The van der Waals surface area contributed by atoms with E-state index in [1.807, 2.05) is 12.3 Å². The van der Waals surface area contributed by atoms with Gasteiger partial charge in [0.25, 0.3) is 0 Å². The first kappa shape index (κ1) is 13.0. The Labute approximate surface area is 109 Å². The van der Waals surface area contributed by atoms with Crippen LogP contribution in [0, 0.1) is 0 Å². The van der Waals surface area contributed by atoms with E-state index in [-0.39, 0.29) is 0 Å². The molecule has 2 N–H and O–H groups in total. The Morgan fingerprint density at radius 2 is 2.06 bits per heavy atom. The summed E-state index contributed by atoms with van der Waals surface area (Å²) in [5.41, 5.74) is 2.38. The highest BCUT2D eigenvalue weighted by Crippen LogP contribution is 2.22. The molecule has 0 bridgehead atoms. The Bertz CT molecular complexity index is 491. The molecule has 3 heteroatoms. The molecule has 2 aromatic rings. The van der Waals surface area contributed by atoms with Gasteiger partial charge in [-0.1, -0.05) is 25.1 Å². The van der Waals surface area contributed by atoms with Gasteiger partial charge >= 0.3 is 0 Å². The van der Waals surface area contributed by atoms with Crippen LogP contribution in [0.5, 0.6) is 0 Å². The fraction of sp³-hybridized carbons (Fsp3) is 0.400. The molecule has 1 heterocycles. The molecule has 2 rings (SSSR count). The van der Waals surface area contributed by atoms with E-state index in [0.29, 0.717) is 6.04 Å². The highest BCUT2D eigenvalue weighted by Gasteiger charge is 2.08. The Morgan fingerprint density at radius 1 is 1.17 bits per heavy atom. The maximum atomic E-state index is 4.39. The van der Waals surface area contributed by atoms with Crippen molar-refractivity contribution in [3.8, 4) is 0 Å². The van der Waals surface area contributed by atoms with Crippen molar-refractivity contribution in [3.63, 3.8) is 0 Å². The zero-order valence-corrected chi connectivity index (χ0v) is 11.1. The number of hydrogen-bond donors (Lipinski definition) is 2. The van der Waals surface area contributed by atoms with Crippen LogP contribution in [-0.4, -0.2) is 24.6 Å². The number of nitrogens with zero attached hydrogens (tertiary/aromatic N) is 1. The number of rotatable bonds is 6. The largest absolute Gasteiger partial charge is 0.316 e. The van der Waals surface area contributed by atoms with E-state index in [0.717, 1.165) is 25.2 Å². The Kier molecular flexibility index (Phi) is 4.67. The first-order valence-corrected chi connectivity index (χ1v) is 6.60. The SMILES string of the molecule is CCNCCNC(C)c1cccc2ncccc12. The van der Waals surface area contributed by atoms with Gasteiger partial charge in [-0.25, -0.2) is 0 Å². The fourth-order valence-corrected chi connectivity index (χ4v) is 2.17. The van der Waals surface area contributed by atoms with Gasteiger partial charge in [-0.05, 0) is 31.2 Å². The summed E-state index contributed by atoms with van der Waals surface area (Å²) in [6, 6.07) is 10.8. The third-order valence-corrected chi connectivity index (χ3v) is 3.15. The third kappa shape index (κ3) is 3.06. The highest BCUT2D eigenvalue weighted by atomic mass is 15.0. The van der Waals surface area contributed by atoms with Gasteiger partial charge in [0.1, 0.15) is 0 Å². The molecule has 0 aliphatic rings. The first-order chi connectivity index (χ1) is 8.83. The van der Waals surface area contributed by atoms with Gasteiger partial charge < -0.3 is 10.6 Å². The predicted molar refractivity (Wildman–Crippen MR) is 76.7 cm³/mol. The minimum Gasteiger partial charge on any atom is -0.316 e. The normalized spacial score (nSPS) is 12.8. The summed E-state index contributed by atoms with van der Waals surface area (Å²) in [6.07, 6.45) is 1.84. The summed E-state index contributed by atoms with van der Waals surface area (Å²) < 4.78 is 0. The van der Waals surface area contributed by atoms with Gasteiger partial charge in [-0.2, -0.15) is 0 Å². The van der Waals surface area contributed by atoms with Gasteiger partial charge in [0.2, 0.25) is 0 Å². The average Bonchev–Trinajstić information content (AvgIpc) is 2.43. The summed E-state index contributed by atoms with van der Waals surface area (Å²) in [5, 5.41) is 8.09. The Hall–Kier alpha value is -1.45. The lowest BCUT2D eigenvalue weighted by Crippen LogP contribution is -2.29. The van der Waals surface area contributed by atoms with Crippen LogP contribution in [0.1, 0.15) is 25.5 Å². The first-order valence-electron chi connectivity index (χ1n) is 6.60. The Balaban J connectivity index is 2.10. The van der Waals surface area contributed by atoms with E-state index in [1.165, 1.54) is 10.9 Å². The van der Waals surface area contributed by atoms with E-state index < -0.39 is 0 Å². The molecule has 0 radical (unpaired) electrons. The molecular formula is C15H21N3. The van der Waals surface area contributed by atoms with E-state index >= 15 is 0 Å². The standard InChI is InChI=1S/C15H21N3/c1-3-16-10-11-17-12(2)13-6-4-8-15-14(13)7-5-9-18-15/h4-9,12,16-17H,3,10-11H2,1-2H3. The van der Waals surface area contributed by atoms with Crippen LogP contribution in [0.2, 0.25) is 0 Å². The molecule has 1 atom stereocenters. The molecular weight excluding hydrogens is 222 g/mol. The van der Waals surface area contributed by atoms with Crippen LogP contribution in [0.25, 0.3) is 10.9 Å². The van der Waals surface area contributed by atoms with E-state index in [4.69, 9.17) is 0 Å².